The number of furan rings is 1. The molecule has 6 rings (SSSR count). The van der Waals surface area contributed by atoms with Crippen LogP contribution in [0.3, 0.4) is 0 Å². The number of hydrogen-bond donors (Lipinski definition) is 0. The summed E-state index contributed by atoms with van der Waals surface area (Å²) < 4.78 is 16.7. The summed E-state index contributed by atoms with van der Waals surface area (Å²) in [5.74, 6) is 0.860. The highest BCUT2D eigenvalue weighted by Crippen LogP contribution is 2.33. The van der Waals surface area contributed by atoms with E-state index in [0.717, 1.165) is 22.1 Å². The second-order valence-corrected chi connectivity index (χ2v) is 7.53. The SMILES string of the molecule is COc1ccc(-c2nc3oc(C=C4C(=O)c5cc6ccccc6cc5C4=O)cc3o2)cc1. The number of carbonyl (C=O) groups excluding carboxylic acids is 2. The summed E-state index contributed by atoms with van der Waals surface area (Å²) in [6.07, 6.45) is 1.46. The third-order valence-electron chi connectivity index (χ3n) is 5.60. The molecule has 5 aromatic rings. The molecule has 0 N–H and O–H groups in total. The molecule has 0 aliphatic heterocycles. The highest BCUT2D eigenvalue weighted by molar-refractivity contribution is 6.42. The number of benzene rings is 3. The minimum atomic E-state index is -0.310. The Kier molecular flexibility index (Phi) is 3.89. The van der Waals surface area contributed by atoms with Crippen LogP contribution in [0.5, 0.6) is 5.75 Å². The van der Waals surface area contributed by atoms with Gasteiger partial charge in [-0.05, 0) is 53.2 Å². The summed E-state index contributed by atoms with van der Waals surface area (Å²) in [4.78, 5) is 30.2. The molecule has 3 aromatic carbocycles. The van der Waals surface area contributed by atoms with Crippen LogP contribution in [0.25, 0.3) is 39.6 Å². The number of oxazole rings is 1. The summed E-state index contributed by atoms with van der Waals surface area (Å²) in [5, 5.41) is 1.83. The number of Topliss-reactive ketones (excluding diaryl/α,β-unsaturated/α-hetero) is 2. The molecule has 0 spiro atoms. The predicted molar refractivity (Wildman–Crippen MR) is 119 cm³/mol. The van der Waals surface area contributed by atoms with Crippen molar-refractivity contribution in [3.8, 4) is 17.2 Å². The Morgan fingerprint density at radius 2 is 1.50 bits per heavy atom. The largest absolute Gasteiger partial charge is 0.497 e. The average molecular weight is 421 g/mol. The van der Waals surface area contributed by atoms with E-state index in [1.54, 1.807) is 25.3 Å². The molecule has 0 unspecified atom stereocenters. The van der Waals surface area contributed by atoms with Crippen molar-refractivity contribution in [1.29, 1.82) is 0 Å². The molecule has 6 nitrogen and oxygen atoms in total. The van der Waals surface area contributed by atoms with Crippen molar-refractivity contribution in [2.75, 3.05) is 7.11 Å². The molecule has 32 heavy (non-hydrogen) atoms. The lowest BCUT2D eigenvalue weighted by molar-refractivity contribution is 0.0990. The van der Waals surface area contributed by atoms with Crippen LogP contribution in [0.1, 0.15) is 26.5 Å². The Morgan fingerprint density at radius 3 is 2.09 bits per heavy atom. The van der Waals surface area contributed by atoms with Gasteiger partial charge >= 0.3 is 0 Å². The summed E-state index contributed by atoms with van der Waals surface area (Å²) >= 11 is 0. The van der Waals surface area contributed by atoms with Crippen molar-refractivity contribution in [3.05, 3.63) is 89.2 Å². The van der Waals surface area contributed by atoms with Crippen LogP contribution in [0, 0.1) is 0 Å². The molecular formula is C26H15NO5. The molecule has 1 aliphatic rings. The Labute approximate surface area is 181 Å². The first-order valence-electron chi connectivity index (χ1n) is 9.99. The van der Waals surface area contributed by atoms with Crippen molar-refractivity contribution in [2.45, 2.75) is 0 Å². The number of nitrogens with zero attached hydrogens (tertiary/aromatic N) is 1. The lowest BCUT2D eigenvalue weighted by Gasteiger charge is -2.00. The number of aromatic nitrogens is 1. The van der Waals surface area contributed by atoms with E-state index in [9.17, 15) is 9.59 Å². The first-order valence-corrected chi connectivity index (χ1v) is 9.99. The van der Waals surface area contributed by atoms with Crippen molar-refractivity contribution in [3.63, 3.8) is 0 Å². The average Bonchev–Trinajstić information content (AvgIpc) is 3.45. The Hall–Kier alpha value is -4.45. The van der Waals surface area contributed by atoms with Gasteiger partial charge in [-0.3, -0.25) is 9.59 Å². The van der Waals surface area contributed by atoms with Crippen molar-refractivity contribution in [2.24, 2.45) is 0 Å². The summed E-state index contributed by atoms with van der Waals surface area (Å²) in [6.45, 7) is 0. The molecule has 154 valence electrons. The van der Waals surface area contributed by atoms with E-state index in [-0.39, 0.29) is 17.1 Å². The second kappa shape index (κ2) is 6.78. The Morgan fingerprint density at radius 1 is 0.844 bits per heavy atom. The molecule has 0 fully saturated rings. The molecule has 0 saturated heterocycles. The first kappa shape index (κ1) is 18.3. The lowest BCUT2D eigenvalue weighted by atomic mass is 10.0. The first-order chi connectivity index (χ1) is 15.6. The number of ketones is 2. The Balaban J connectivity index is 1.35. The third kappa shape index (κ3) is 2.77. The molecule has 0 saturated carbocycles. The summed E-state index contributed by atoms with van der Waals surface area (Å²) in [5.41, 5.74) is 2.40. The van der Waals surface area contributed by atoms with Crippen LogP contribution < -0.4 is 4.74 Å². The molecule has 0 amide bonds. The third-order valence-corrected chi connectivity index (χ3v) is 5.60. The van der Waals surface area contributed by atoms with Gasteiger partial charge in [-0.15, -0.1) is 0 Å². The highest BCUT2D eigenvalue weighted by Gasteiger charge is 2.33. The predicted octanol–water partition coefficient (Wildman–Crippen LogP) is 5.71. The maximum atomic E-state index is 12.9. The van der Waals surface area contributed by atoms with E-state index in [2.05, 4.69) is 4.98 Å². The zero-order valence-corrected chi connectivity index (χ0v) is 16.9. The van der Waals surface area contributed by atoms with Gasteiger partial charge in [0, 0.05) is 22.8 Å². The number of ether oxygens (including phenoxy) is 1. The summed E-state index contributed by atoms with van der Waals surface area (Å²) in [7, 11) is 1.60. The molecule has 0 bridgehead atoms. The maximum absolute atomic E-state index is 12.9. The van der Waals surface area contributed by atoms with Gasteiger partial charge in [0.1, 0.15) is 11.5 Å². The van der Waals surface area contributed by atoms with Crippen molar-refractivity contribution < 1.29 is 23.2 Å². The molecule has 0 radical (unpaired) electrons. The van der Waals surface area contributed by atoms with Gasteiger partial charge in [-0.2, -0.15) is 4.98 Å². The number of allylic oxidation sites excluding steroid dienone is 1. The van der Waals surface area contributed by atoms with Crippen LogP contribution in [0.2, 0.25) is 0 Å². The Bertz CT molecular complexity index is 1500. The fraction of sp³-hybridized carbons (Fsp3) is 0.0385. The van der Waals surface area contributed by atoms with Crippen LogP contribution >= 0.6 is 0 Å². The highest BCUT2D eigenvalue weighted by atomic mass is 16.5. The molecule has 0 atom stereocenters. The smallest absolute Gasteiger partial charge is 0.266 e. The minimum Gasteiger partial charge on any atom is -0.497 e. The topological polar surface area (TPSA) is 82.5 Å². The number of hydrogen-bond acceptors (Lipinski definition) is 6. The van der Waals surface area contributed by atoms with Gasteiger partial charge in [0.05, 0.1) is 12.7 Å². The van der Waals surface area contributed by atoms with E-state index >= 15 is 0 Å². The monoisotopic (exact) mass is 421 g/mol. The van der Waals surface area contributed by atoms with Gasteiger partial charge in [-0.25, -0.2) is 0 Å². The number of rotatable bonds is 3. The van der Waals surface area contributed by atoms with Crippen LogP contribution in [-0.4, -0.2) is 23.7 Å². The summed E-state index contributed by atoms with van der Waals surface area (Å²) in [6, 6.07) is 20.1. The van der Waals surface area contributed by atoms with Gasteiger partial charge in [0.25, 0.3) is 5.71 Å². The zero-order chi connectivity index (χ0) is 21.8. The standard InChI is InChI=1S/C26H15NO5/c1-30-17-8-6-14(7-9-17)25-27-26-22(32-25)13-18(31-26)12-21-23(28)19-10-15-4-2-3-5-16(15)11-20(19)24(21)29/h2-13H,1H3. The maximum Gasteiger partial charge on any atom is 0.266 e. The van der Waals surface area contributed by atoms with Gasteiger partial charge in [0.2, 0.25) is 5.89 Å². The van der Waals surface area contributed by atoms with E-state index in [1.807, 2.05) is 48.5 Å². The van der Waals surface area contributed by atoms with E-state index in [0.29, 0.717) is 34.1 Å². The van der Waals surface area contributed by atoms with Crippen molar-refractivity contribution >= 4 is 39.7 Å². The molecule has 2 heterocycles. The fourth-order valence-electron chi connectivity index (χ4n) is 3.96. The van der Waals surface area contributed by atoms with Gasteiger partial charge in [-0.1, -0.05) is 24.3 Å². The van der Waals surface area contributed by atoms with Crippen LogP contribution in [0.4, 0.5) is 0 Å². The molecular weight excluding hydrogens is 406 g/mol. The van der Waals surface area contributed by atoms with Crippen LogP contribution in [0.15, 0.2) is 81.1 Å². The van der Waals surface area contributed by atoms with Crippen LogP contribution in [-0.2, 0) is 0 Å². The quantitative estimate of drug-likeness (QED) is 0.274. The van der Waals surface area contributed by atoms with Crippen molar-refractivity contribution in [1.82, 2.24) is 4.98 Å². The fourth-order valence-corrected chi connectivity index (χ4v) is 3.96. The second-order valence-electron chi connectivity index (χ2n) is 7.53. The van der Waals surface area contributed by atoms with E-state index < -0.39 is 0 Å². The van der Waals surface area contributed by atoms with Gasteiger partial charge in [0.15, 0.2) is 17.1 Å². The molecule has 2 aromatic heterocycles. The number of fused-ring (bicyclic) bond motifs is 3. The van der Waals surface area contributed by atoms with E-state index in [4.69, 9.17) is 13.6 Å². The normalized spacial score (nSPS) is 13.2. The molecule has 6 heteroatoms. The van der Waals surface area contributed by atoms with Gasteiger partial charge < -0.3 is 13.6 Å². The minimum absolute atomic E-state index is 0.0714. The zero-order valence-electron chi connectivity index (χ0n) is 16.9. The lowest BCUT2D eigenvalue weighted by Crippen LogP contribution is -1.99. The number of methoxy groups -OCH3 is 1. The number of carbonyl (C=O) groups is 2. The molecule has 1 aliphatic carbocycles. The van der Waals surface area contributed by atoms with E-state index in [1.165, 1.54) is 6.08 Å².